The van der Waals surface area contributed by atoms with Crippen molar-refractivity contribution in [1.29, 1.82) is 0 Å². The van der Waals surface area contributed by atoms with Gasteiger partial charge in [-0.25, -0.2) is 4.68 Å². The number of ether oxygens (including phenoxy) is 1. The second-order valence-corrected chi connectivity index (χ2v) is 5.21. The number of para-hydroxylation sites is 1. The fraction of sp³-hybridized carbons (Fsp3) is 0.143. The summed E-state index contributed by atoms with van der Waals surface area (Å²) in [6.45, 7) is 0. The molecular formula is C14H13N5OS. The third-order valence-corrected chi connectivity index (χ3v) is 3.83. The van der Waals surface area contributed by atoms with E-state index in [1.54, 1.807) is 28.8 Å². The van der Waals surface area contributed by atoms with Gasteiger partial charge in [-0.1, -0.05) is 30.0 Å². The van der Waals surface area contributed by atoms with Gasteiger partial charge in [0.1, 0.15) is 11.5 Å². The average Bonchev–Trinajstić information content (AvgIpc) is 2.93. The Kier molecular flexibility index (Phi) is 4.11. The highest BCUT2D eigenvalue weighted by molar-refractivity contribution is 7.98. The third kappa shape index (κ3) is 3.38. The summed E-state index contributed by atoms with van der Waals surface area (Å²) in [5.74, 6) is 2.26. The van der Waals surface area contributed by atoms with Crippen LogP contribution in [0.5, 0.6) is 11.5 Å². The molecule has 1 aromatic carbocycles. The number of rotatable bonds is 5. The molecule has 0 aliphatic rings. The van der Waals surface area contributed by atoms with Gasteiger partial charge in [-0.15, -0.1) is 5.10 Å². The summed E-state index contributed by atoms with van der Waals surface area (Å²) < 4.78 is 7.52. The van der Waals surface area contributed by atoms with Gasteiger partial charge in [0.25, 0.3) is 0 Å². The highest BCUT2D eigenvalue weighted by Crippen LogP contribution is 2.29. The summed E-state index contributed by atoms with van der Waals surface area (Å²) in [4.78, 5) is 4.05. The summed E-state index contributed by atoms with van der Waals surface area (Å²) >= 11 is 1.56. The number of thioether (sulfide) groups is 1. The highest BCUT2D eigenvalue weighted by Gasteiger charge is 2.08. The molecule has 2 aromatic heterocycles. The Morgan fingerprint density at radius 2 is 2.10 bits per heavy atom. The molecule has 3 aromatic rings. The van der Waals surface area contributed by atoms with Crippen LogP contribution >= 0.6 is 11.8 Å². The number of hydrogen-bond donors (Lipinski definition) is 0. The maximum absolute atomic E-state index is 5.88. The molecule has 2 heterocycles. The van der Waals surface area contributed by atoms with E-state index in [2.05, 4.69) is 20.5 Å². The first-order chi connectivity index (χ1) is 10.3. The van der Waals surface area contributed by atoms with Crippen molar-refractivity contribution in [3.63, 3.8) is 0 Å². The van der Waals surface area contributed by atoms with E-state index in [1.165, 1.54) is 0 Å². The molecule has 0 unspecified atom stereocenters. The van der Waals surface area contributed by atoms with Gasteiger partial charge in [0.15, 0.2) is 0 Å². The molecule has 0 aliphatic heterocycles. The van der Waals surface area contributed by atoms with Gasteiger partial charge in [0.05, 0.1) is 6.20 Å². The standard InChI is InChI=1S/C14H13N5OS/c1-19-14(16-17-18-19)21-10-11-5-2-3-7-13(11)20-12-6-4-8-15-9-12/h2-9H,10H2,1H3. The topological polar surface area (TPSA) is 65.7 Å². The normalized spacial score (nSPS) is 10.5. The minimum absolute atomic E-state index is 0.718. The Labute approximate surface area is 126 Å². The number of tetrazole rings is 1. The molecule has 21 heavy (non-hydrogen) atoms. The molecule has 7 heteroatoms. The van der Waals surface area contributed by atoms with E-state index in [1.807, 2.05) is 43.4 Å². The lowest BCUT2D eigenvalue weighted by Crippen LogP contribution is -1.95. The molecule has 6 nitrogen and oxygen atoms in total. The van der Waals surface area contributed by atoms with Crippen LogP contribution in [0.15, 0.2) is 53.9 Å². The summed E-state index contributed by atoms with van der Waals surface area (Å²) in [5, 5.41) is 12.2. The Hall–Kier alpha value is -2.41. The van der Waals surface area contributed by atoms with E-state index in [9.17, 15) is 0 Å². The Bertz CT molecular complexity index is 716. The highest BCUT2D eigenvalue weighted by atomic mass is 32.2. The SMILES string of the molecule is Cn1nnnc1SCc1ccccc1Oc1cccnc1. The third-order valence-electron chi connectivity index (χ3n) is 2.77. The molecule has 0 fully saturated rings. The van der Waals surface area contributed by atoms with Crippen molar-refractivity contribution in [2.45, 2.75) is 10.9 Å². The zero-order valence-electron chi connectivity index (χ0n) is 11.4. The first-order valence-electron chi connectivity index (χ1n) is 6.34. The second kappa shape index (κ2) is 6.36. The van der Waals surface area contributed by atoms with E-state index in [4.69, 9.17) is 4.74 Å². The molecular weight excluding hydrogens is 286 g/mol. The van der Waals surface area contributed by atoms with Gasteiger partial charge in [-0.3, -0.25) is 4.98 Å². The number of nitrogens with zero attached hydrogens (tertiary/aromatic N) is 5. The quantitative estimate of drug-likeness (QED) is 0.675. The van der Waals surface area contributed by atoms with E-state index < -0.39 is 0 Å². The lowest BCUT2D eigenvalue weighted by Gasteiger charge is -2.10. The van der Waals surface area contributed by atoms with Gasteiger partial charge >= 0.3 is 0 Å². The van der Waals surface area contributed by atoms with Gasteiger partial charge in [-0.05, 0) is 28.6 Å². The van der Waals surface area contributed by atoms with Crippen LogP contribution in [0.1, 0.15) is 5.56 Å². The van der Waals surface area contributed by atoms with Crippen LogP contribution in [0.25, 0.3) is 0 Å². The molecule has 0 atom stereocenters. The van der Waals surface area contributed by atoms with Gasteiger partial charge in [0.2, 0.25) is 5.16 Å². The molecule has 0 spiro atoms. The van der Waals surface area contributed by atoms with Crippen LogP contribution in [0.2, 0.25) is 0 Å². The lowest BCUT2D eigenvalue weighted by molar-refractivity contribution is 0.476. The van der Waals surface area contributed by atoms with Crippen molar-refractivity contribution in [3.05, 3.63) is 54.4 Å². The van der Waals surface area contributed by atoms with E-state index in [-0.39, 0.29) is 0 Å². The fourth-order valence-corrected chi connectivity index (χ4v) is 2.58. The van der Waals surface area contributed by atoms with Crippen LogP contribution in [-0.2, 0) is 12.8 Å². The van der Waals surface area contributed by atoms with E-state index in [0.29, 0.717) is 0 Å². The van der Waals surface area contributed by atoms with Gasteiger partial charge < -0.3 is 4.74 Å². The molecule has 0 radical (unpaired) electrons. The van der Waals surface area contributed by atoms with Crippen LogP contribution in [0.3, 0.4) is 0 Å². The van der Waals surface area contributed by atoms with Crippen LogP contribution in [0, 0.1) is 0 Å². The monoisotopic (exact) mass is 299 g/mol. The van der Waals surface area contributed by atoms with E-state index in [0.717, 1.165) is 28.0 Å². The maximum atomic E-state index is 5.88. The molecule has 106 valence electrons. The largest absolute Gasteiger partial charge is 0.455 e. The maximum Gasteiger partial charge on any atom is 0.209 e. The molecule has 0 amide bonds. The van der Waals surface area contributed by atoms with Crippen LogP contribution in [0.4, 0.5) is 0 Å². The van der Waals surface area contributed by atoms with Crippen molar-refractivity contribution in [2.24, 2.45) is 7.05 Å². The molecule has 0 saturated carbocycles. The summed E-state index contributed by atoms with van der Waals surface area (Å²) in [6.07, 6.45) is 3.41. The fourth-order valence-electron chi connectivity index (χ4n) is 1.74. The zero-order valence-corrected chi connectivity index (χ0v) is 12.2. The van der Waals surface area contributed by atoms with Crippen molar-refractivity contribution >= 4 is 11.8 Å². The van der Waals surface area contributed by atoms with Crippen molar-refractivity contribution < 1.29 is 4.74 Å². The van der Waals surface area contributed by atoms with Crippen molar-refractivity contribution in [3.8, 4) is 11.5 Å². The summed E-state index contributed by atoms with van der Waals surface area (Å²) in [6, 6.07) is 11.6. The van der Waals surface area contributed by atoms with Crippen molar-refractivity contribution in [2.75, 3.05) is 0 Å². The van der Waals surface area contributed by atoms with Gasteiger partial charge in [0, 0.05) is 24.6 Å². The molecule has 0 aliphatic carbocycles. The molecule has 0 N–H and O–H groups in total. The number of benzene rings is 1. The van der Waals surface area contributed by atoms with Crippen molar-refractivity contribution in [1.82, 2.24) is 25.2 Å². The second-order valence-electron chi connectivity index (χ2n) is 4.27. The number of aromatic nitrogens is 5. The minimum atomic E-state index is 0.718. The molecule has 0 bridgehead atoms. The average molecular weight is 299 g/mol. The number of pyridine rings is 1. The first kappa shape index (κ1) is 13.6. The Morgan fingerprint density at radius 1 is 1.19 bits per heavy atom. The van der Waals surface area contributed by atoms with Gasteiger partial charge in [-0.2, -0.15) is 0 Å². The number of hydrogen-bond acceptors (Lipinski definition) is 6. The minimum Gasteiger partial charge on any atom is -0.455 e. The van der Waals surface area contributed by atoms with E-state index >= 15 is 0 Å². The summed E-state index contributed by atoms with van der Waals surface area (Å²) in [7, 11) is 1.82. The lowest BCUT2D eigenvalue weighted by atomic mass is 10.2. The summed E-state index contributed by atoms with van der Waals surface area (Å²) in [5.41, 5.74) is 1.08. The number of aryl methyl sites for hydroxylation is 1. The van der Waals surface area contributed by atoms with Crippen LogP contribution in [-0.4, -0.2) is 25.2 Å². The Balaban J connectivity index is 1.75. The molecule has 3 rings (SSSR count). The predicted molar refractivity (Wildman–Crippen MR) is 79.1 cm³/mol. The Morgan fingerprint density at radius 3 is 2.86 bits per heavy atom. The molecule has 0 saturated heterocycles. The first-order valence-corrected chi connectivity index (χ1v) is 7.32. The zero-order chi connectivity index (χ0) is 14.5. The van der Waals surface area contributed by atoms with Crippen LogP contribution < -0.4 is 4.74 Å². The smallest absolute Gasteiger partial charge is 0.209 e. The predicted octanol–water partition coefficient (Wildman–Crippen LogP) is 2.69.